The number of benzene rings is 1. The SMILES string of the molecule is CC(=O)c1cn(CCC(=O)NC(C)C)c2c(F)cccc12. The highest BCUT2D eigenvalue weighted by Gasteiger charge is 2.15. The van der Waals surface area contributed by atoms with Crippen LogP contribution in [0, 0.1) is 5.82 Å². The van der Waals surface area contributed by atoms with Crippen LogP contribution in [0.1, 0.15) is 37.6 Å². The van der Waals surface area contributed by atoms with Crippen LogP contribution in [0.3, 0.4) is 0 Å². The van der Waals surface area contributed by atoms with E-state index in [1.54, 1.807) is 22.9 Å². The molecule has 0 atom stereocenters. The van der Waals surface area contributed by atoms with Crippen molar-refractivity contribution in [3.8, 4) is 0 Å². The summed E-state index contributed by atoms with van der Waals surface area (Å²) in [6.07, 6.45) is 1.87. The zero-order chi connectivity index (χ0) is 15.6. The quantitative estimate of drug-likeness (QED) is 0.861. The molecule has 0 unspecified atom stereocenters. The molecule has 5 heteroatoms. The van der Waals surface area contributed by atoms with Gasteiger partial charge in [-0.2, -0.15) is 0 Å². The van der Waals surface area contributed by atoms with Gasteiger partial charge >= 0.3 is 0 Å². The van der Waals surface area contributed by atoms with E-state index in [1.807, 2.05) is 13.8 Å². The number of nitrogens with one attached hydrogen (secondary N) is 1. The summed E-state index contributed by atoms with van der Waals surface area (Å²) in [5, 5.41) is 3.38. The first-order valence-electron chi connectivity index (χ1n) is 6.97. The highest BCUT2D eigenvalue weighted by molar-refractivity contribution is 6.07. The Kier molecular flexibility index (Phi) is 4.40. The molecule has 0 radical (unpaired) electrons. The summed E-state index contributed by atoms with van der Waals surface area (Å²) < 4.78 is 15.7. The molecule has 1 heterocycles. The van der Waals surface area contributed by atoms with Gasteiger partial charge in [-0.1, -0.05) is 12.1 Å². The van der Waals surface area contributed by atoms with Gasteiger partial charge < -0.3 is 9.88 Å². The maximum absolute atomic E-state index is 14.0. The zero-order valence-corrected chi connectivity index (χ0v) is 12.4. The van der Waals surface area contributed by atoms with Gasteiger partial charge in [-0.25, -0.2) is 4.39 Å². The second-order valence-corrected chi connectivity index (χ2v) is 5.40. The Hall–Kier alpha value is -2.17. The fourth-order valence-corrected chi connectivity index (χ4v) is 2.39. The first-order chi connectivity index (χ1) is 9.90. The number of aromatic nitrogens is 1. The molecule has 21 heavy (non-hydrogen) atoms. The molecule has 1 aromatic heterocycles. The minimum Gasteiger partial charge on any atom is -0.354 e. The molecule has 2 aromatic rings. The second-order valence-electron chi connectivity index (χ2n) is 5.40. The van der Waals surface area contributed by atoms with Gasteiger partial charge in [0.1, 0.15) is 5.82 Å². The van der Waals surface area contributed by atoms with E-state index in [0.717, 1.165) is 0 Å². The van der Waals surface area contributed by atoms with Gasteiger partial charge in [0.2, 0.25) is 5.91 Å². The molecule has 0 fully saturated rings. The van der Waals surface area contributed by atoms with E-state index in [4.69, 9.17) is 0 Å². The standard InChI is InChI=1S/C16H19FN2O2/c1-10(2)18-15(21)7-8-19-9-13(11(3)20)12-5-4-6-14(17)16(12)19/h4-6,9-10H,7-8H2,1-3H3,(H,18,21). The number of para-hydroxylation sites is 1. The van der Waals surface area contributed by atoms with Gasteiger partial charge in [0.25, 0.3) is 0 Å². The van der Waals surface area contributed by atoms with E-state index in [0.29, 0.717) is 23.0 Å². The van der Waals surface area contributed by atoms with Crippen LogP contribution in [0.2, 0.25) is 0 Å². The van der Waals surface area contributed by atoms with E-state index < -0.39 is 0 Å². The van der Waals surface area contributed by atoms with Crippen LogP contribution in [0.4, 0.5) is 4.39 Å². The van der Waals surface area contributed by atoms with Crippen LogP contribution in [0.15, 0.2) is 24.4 Å². The third-order valence-electron chi connectivity index (χ3n) is 3.26. The fourth-order valence-electron chi connectivity index (χ4n) is 2.39. The summed E-state index contributed by atoms with van der Waals surface area (Å²) in [5.41, 5.74) is 0.855. The average molecular weight is 290 g/mol. The van der Waals surface area contributed by atoms with Gasteiger partial charge in [0, 0.05) is 36.2 Å². The van der Waals surface area contributed by atoms with Crippen molar-refractivity contribution in [2.45, 2.75) is 39.8 Å². The number of carbonyl (C=O) groups excluding carboxylic acids is 2. The number of carbonyl (C=O) groups is 2. The molecular weight excluding hydrogens is 271 g/mol. The van der Waals surface area contributed by atoms with Crippen molar-refractivity contribution in [3.05, 3.63) is 35.8 Å². The molecule has 0 saturated carbocycles. The second kappa shape index (κ2) is 6.08. The molecule has 0 aliphatic rings. The summed E-state index contributed by atoms with van der Waals surface area (Å²) in [6, 6.07) is 4.74. The molecule has 0 aliphatic carbocycles. The Labute approximate surface area is 122 Å². The Morgan fingerprint density at radius 3 is 2.67 bits per heavy atom. The highest BCUT2D eigenvalue weighted by atomic mass is 19.1. The molecule has 4 nitrogen and oxygen atoms in total. The average Bonchev–Trinajstić information content (AvgIpc) is 2.76. The molecule has 0 bridgehead atoms. The smallest absolute Gasteiger partial charge is 0.221 e. The van der Waals surface area contributed by atoms with E-state index in [2.05, 4.69) is 5.32 Å². The predicted octanol–water partition coefficient (Wildman–Crippen LogP) is 2.90. The van der Waals surface area contributed by atoms with Crippen LogP contribution in [-0.2, 0) is 11.3 Å². The van der Waals surface area contributed by atoms with Crippen LogP contribution in [-0.4, -0.2) is 22.3 Å². The third-order valence-corrected chi connectivity index (χ3v) is 3.26. The Bertz CT molecular complexity index is 689. The van der Waals surface area contributed by atoms with Gasteiger partial charge in [0.15, 0.2) is 5.78 Å². The van der Waals surface area contributed by atoms with Crippen molar-refractivity contribution in [2.75, 3.05) is 0 Å². The lowest BCUT2D eigenvalue weighted by molar-refractivity contribution is -0.121. The number of hydrogen-bond acceptors (Lipinski definition) is 2. The number of Topliss-reactive ketones (excluding diaryl/α,β-unsaturated/α-hetero) is 1. The van der Waals surface area contributed by atoms with Crippen molar-refractivity contribution in [1.29, 1.82) is 0 Å². The molecule has 1 aromatic carbocycles. The van der Waals surface area contributed by atoms with Crippen molar-refractivity contribution >= 4 is 22.6 Å². The number of rotatable bonds is 5. The lowest BCUT2D eigenvalue weighted by Gasteiger charge is -2.09. The van der Waals surface area contributed by atoms with Gasteiger partial charge in [-0.3, -0.25) is 9.59 Å². The molecule has 112 valence electrons. The number of fused-ring (bicyclic) bond motifs is 1. The molecule has 1 N–H and O–H groups in total. The summed E-state index contributed by atoms with van der Waals surface area (Å²) in [7, 11) is 0. The van der Waals surface area contributed by atoms with Gasteiger partial charge in [-0.15, -0.1) is 0 Å². The fraction of sp³-hybridized carbons (Fsp3) is 0.375. The minimum atomic E-state index is -0.385. The van der Waals surface area contributed by atoms with E-state index in [9.17, 15) is 14.0 Å². The van der Waals surface area contributed by atoms with E-state index >= 15 is 0 Å². The molecule has 2 rings (SSSR count). The van der Waals surface area contributed by atoms with Crippen LogP contribution >= 0.6 is 0 Å². The number of aryl methyl sites for hydroxylation is 1. The first-order valence-corrected chi connectivity index (χ1v) is 6.97. The van der Waals surface area contributed by atoms with Crippen LogP contribution in [0.25, 0.3) is 10.9 Å². The summed E-state index contributed by atoms with van der Waals surface area (Å²) in [5.74, 6) is -0.590. The van der Waals surface area contributed by atoms with Crippen molar-refractivity contribution in [2.24, 2.45) is 0 Å². The summed E-state index contributed by atoms with van der Waals surface area (Å²) >= 11 is 0. The van der Waals surface area contributed by atoms with Crippen molar-refractivity contribution < 1.29 is 14.0 Å². The zero-order valence-electron chi connectivity index (χ0n) is 12.4. The number of nitrogens with zero attached hydrogens (tertiary/aromatic N) is 1. The molecule has 1 amide bonds. The number of ketones is 1. The largest absolute Gasteiger partial charge is 0.354 e. The summed E-state index contributed by atoms with van der Waals surface area (Å²) in [4.78, 5) is 23.4. The number of halogens is 1. The van der Waals surface area contributed by atoms with Gasteiger partial charge in [0.05, 0.1) is 5.52 Å². The summed E-state index contributed by atoms with van der Waals surface area (Å²) in [6.45, 7) is 5.56. The molecule has 0 aliphatic heterocycles. The first kappa shape index (κ1) is 15.2. The number of hydrogen-bond donors (Lipinski definition) is 1. The Morgan fingerprint density at radius 2 is 2.05 bits per heavy atom. The molecule has 0 saturated heterocycles. The van der Waals surface area contributed by atoms with E-state index in [1.165, 1.54) is 13.0 Å². The predicted molar refractivity (Wildman–Crippen MR) is 79.8 cm³/mol. The van der Waals surface area contributed by atoms with Gasteiger partial charge in [-0.05, 0) is 26.8 Å². The number of amides is 1. The van der Waals surface area contributed by atoms with E-state index in [-0.39, 0.29) is 30.0 Å². The maximum Gasteiger partial charge on any atom is 0.221 e. The topological polar surface area (TPSA) is 51.1 Å². The minimum absolute atomic E-state index is 0.0726. The normalized spacial score (nSPS) is 11.1. The lowest BCUT2D eigenvalue weighted by atomic mass is 10.1. The maximum atomic E-state index is 14.0. The Morgan fingerprint density at radius 1 is 1.33 bits per heavy atom. The lowest BCUT2D eigenvalue weighted by Crippen LogP contribution is -2.30. The Balaban J connectivity index is 2.32. The monoisotopic (exact) mass is 290 g/mol. The van der Waals surface area contributed by atoms with Crippen LogP contribution in [0.5, 0.6) is 0 Å². The molecule has 0 spiro atoms. The van der Waals surface area contributed by atoms with Crippen molar-refractivity contribution in [3.63, 3.8) is 0 Å². The highest BCUT2D eigenvalue weighted by Crippen LogP contribution is 2.24. The van der Waals surface area contributed by atoms with Crippen LogP contribution < -0.4 is 5.32 Å². The molecular formula is C16H19FN2O2. The van der Waals surface area contributed by atoms with Crippen molar-refractivity contribution in [1.82, 2.24) is 9.88 Å². The third kappa shape index (κ3) is 3.29.